The minimum absolute atomic E-state index is 0. The quantitative estimate of drug-likeness (QED) is 0.357. The van der Waals surface area contributed by atoms with E-state index in [1.807, 2.05) is 0 Å². The van der Waals surface area contributed by atoms with Crippen LogP contribution in [0.1, 0.15) is 0 Å². The Bertz CT molecular complexity index is 79.6. The third-order valence-corrected chi connectivity index (χ3v) is 2.39. The SMILES string of the molecule is [K+].[K+].[O-][Si]([O-])(O)O[Si](O)(O)O. The van der Waals surface area contributed by atoms with Crippen molar-refractivity contribution >= 4 is 18.1 Å². The van der Waals surface area contributed by atoms with Gasteiger partial charge in [-0.15, -0.1) is 0 Å². The van der Waals surface area contributed by atoms with E-state index in [-0.39, 0.29) is 103 Å². The van der Waals surface area contributed by atoms with Gasteiger partial charge in [0.2, 0.25) is 0 Å². The molecule has 0 spiro atoms. The summed E-state index contributed by atoms with van der Waals surface area (Å²) in [5.74, 6) is 0. The minimum Gasteiger partial charge on any atom is -0.829 e. The van der Waals surface area contributed by atoms with Gasteiger partial charge in [0.15, 0.2) is 0 Å². The van der Waals surface area contributed by atoms with Gasteiger partial charge in [-0.3, -0.25) is 0 Å². The summed E-state index contributed by atoms with van der Waals surface area (Å²) in [4.78, 5) is 50.5. The fourth-order valence-corrected chi connectivity index (χ4v) is 1.56. The Labute approximate surface area is 150 Å². The molecule has 0 radical (unpaired) electrons. The van der Waals surface area contributed by atoms with E-state index >= 15 is 0 Å². The average molecular weight is 250 g/mol. The molecular weight excluding hydrogens is 246 g/mol. The minimum atomic E-state index is -5.48. The van der Waals surface area contributed by atoms with Crippen LogP contribution in [0.25, 0.3) is 0 Å². The van der Waals surface area contributed by atoms with Gasteiger partial charge in [-0.2, -0.15) is 0 Å². The predicted octanol–water partition coefficient (Wildman–Crippen LogP) is -11.4. The predicted molar refractivity (Wildman–Crippen MR) is 21.5 cm³/mol. The van der Waals surface area contributed by atoms with Crippen molar-refractivity contribution in [2.45, 2.75) is 0 Å². The van der Waals surface area contributed by atoms with E-state index in [9.17, 15) is 9.59 Å². The summed E-state index contributed by atoms with van der Waals surface area (Å²) in [5, 5.41) is 0. The molecule has 0 bridgehead atoms. The van der Waals surface area contributed by atoms with Crippen LogP contribution in [0.15, 0.2) is 0 Å². The van der Waals surface area contributed by atoms with Gasteiger partial charge < -0.3 is 32.9 Å². The zero-order valence-corrected chi connectivity index (χ0v) is 14.3. The van der Waals surface area contributed by atoms with Crippen molar-refractivity contribution in [3.8, 4) is 0 Å². The number of rotatable bonds is 2. The Morgan fingerprint density at radius 2 is 1.18 bits per heavy atom. The molecule has 0 atom stereocenters. The first-order chi connectivity index (χ1) is 3.71. The fourth-order valence-electron chi connectivity index (χ4n) is 0.173. The standard InChI is InChI=1S/2K.H4O7Si2/c;;1-8(2,3)7-9(4,5)6/h;;1-4H/q2*+1;-2. The molecule has 0 aromatic heterocycles. The monoisotopic (exact) mass is 250 g/mol. The molecule has 0 saturated carbocycles. The van der Waals surface area contributed by atoms with Gasteiger partial charge in [0.05, 0.1) is 0 Å². The first-order valence-corrected chi connectivity index (χ1v) is 5.13. The Morgan fingerprint density at radius 1 is 0.909 bits per heavy atom. The average Bonchev–Trinajstić information content (AvgIpc) is 1.14. The van der Waals surface area contributed by atoms with Gasteiger partial charge in [0.25, 0.3) is 0 Å². The van der Waals surface area contributed by atoms with Gasteiger partial charge >= 0.3 is 112 Å². The Balaban J connectivity index is -0.000000320. The second-order valence-electron chi connectivity index (χ2n) is 1.20. The molecule has 11 heavy (non-hydrogen) atoms. The van der Waals surface area contributed by atoms with Gasteiger partial charge in [0, 0.05) is 0 Å². The zero-order valence-electron chi connectivity index (χ0n) is 6.01. The topological polar surface area (TPSA) is 136 Å². The molecule has 0 aliphatic rings. The maximum absolute atomic E-state index is 9.59. The molecular formula is H4K2O7Si2. The third kappa shape index (κ3) is 19.7. The summed E-state index contributed by atoms with van der Waals surface area (Å²) < 4.78 is 3.01. The molecule has 0 aromatic rings. The second-order valence-corrected chi connectivity index (χ2v) is 4.21. The summed E-state index contributed by atoms with van der Waals surface area (Å²) in [6, 6.07) is 0. The third-order valence-electron chi connectivity index (χ3n) is 0.266. The van der Waals surface area contributed by atoms with Crippen molar-refractivity contribution in [2.75, 3.05) is 0 Å². The smallest absolute Gasteiger partial charge is 0.829 e. The Hall–Kier alpha value is 3.43. The first-order valence-electron chi connectivity index (χ1n) is 1.71. The van der Waals surface area contributed by atoms with Gasteiger partial charge in [-0.25, -0.2) is 0 Å². The van der Waals surface area contributed by atoms with E-state index in [0.717, 1.165) is 0 Å². The molecule has 7 nitrogen and oxygen atoms in total. The molecule has 0 aromatic carbocycles. The van der Waals surface area contributed by atoms with Crippen molar-refractivity contribution in [1.29, 1.82) is 0 Å². The second kappa shape index (κ2) is 7.68. The largest absolute Gasteiger partial charge is 1.00 e. The molecule has 0 heterocycles. The summed E-state index contributed by atoms with van der Waals surface area (Å²) in [7, 11) is -10.6. The van der Waals surface area contributed by atoms with E-state index in [1.54, 1.807) is 0 Å². The van der Waals surface area contributed by atoms with Crippen LogP contribution in [0.2, 0.25) is 0 Å². The molecule has 0 rings (SSSR count). The van der Waals surface area contributed by atoms with E-state index in [2.05, 4.69) is 4.12 Å². The van der Waals surface area contributed by atoms with E-state index in [4.69, 9.17) is 19.2 Å². The normalized spacial score (nSPS) is 11.5. The summed E-state index contributed by atoms with van der Waals surface area (Å²) in [6.07, 6.45) is 0. The van der Waals surface area contributed by atoms with Gasteiger partial charge in [0.1, 0.15) is 9.05 Å². The summed E-state index contributed by atoms with van der Waals surface area (Å²) in [6.45, 7) is 0. The van der Waals surface area contributed by atoms with E-state index in [1.165, 1.54) is 0 Å². The van der Waals surface area contributed by atoms with Crippen LogP contribution in [-0.4, -0.2) is 37.3 Å². The number of hydrogen-bond donors (Lipinski definition) is 4. The van der Waals surface area contributed by atoms with Crippen molar-refractivity contribution in [1.82, 2.24) is 0 Å². The molecule has 0 unspecified atom stereocenters. The van der Waals surface area contributed by atoms with Crippen LogP contribution in [0.4, 0.5) is 0 Å². The summed E-state index contributed by atoms with van der Waals surface area (Å²) >= 11 is 0. The molecule has 11 heteroatoms. The Kier molecular flexibility index (Phi) is 13.9. The molecule has 0 fully saturated rings. The fraction of sp³-hybridized carbons (Fsp3) is 0. The van der Waals surface area contributed by atoms with Crippen LogP contribution < -0.4 is 112 Å². The van der Waals surface area contributed by atoms with Gasteiger partial charge in [-0.1, -0.05) is 0 Å². The maximum Gasteiger partial charge on any atom is 1.00 e. The molecule has 0 amide bonds. The molecule has 0 aliphatic heterocycles. The van der Waals surface area contributed by atoms with Crippen molar-refractivity contribution in [3.63, 3.8) is 0 Å². The van der Waals surface area contributed by atoms with E-state index in [0.29, 0.717) is 0 Å². The van der Waals surface area contributed by atoms with Gasteiger partial charge in [-0.05, 0) is 0 Å². The van der Waals surface area contributed by atoms with Crippen LogP contribution in [0, 0.1) is 0 Å². The van der Waals surface area contributed by atoms with Crippen LogP contribution in [0.5, 0.6) is 0 Å². The van der Waals surface area contributed by atoms with Crippen molar-refractivity contribution in [3.05, 3.63) is 0 Å². The van der Waals surface area contributed by atoms with E-state index < -0.39 is 18.1 Å². The zero-order chi connectivity index (χ0) is 7.71. The Morgan fingerprint density at radius 3 is 1.18 bits per heavy atom. The molecule has 0 aliphatic carbocycles. The van der Waals surface area contributed by atoms with Crippen LogP contribution >= 0.6 is 0 Å². The first kappa shape index (κ1) is 19.9. The summed E-state index contributed by atoms with van der Waals surface area (Å²) in [5.41, 5.74) is 0. The van der Waals surface area contributed by atoms with Crippen LogP contribution in [0.3, 0.4) is 0 Å². The van der Waals surface area contributed by atoms with Crippen LogP contribution in [-0.2, 0) is 4.12 Å². The molecule has 4 N–H and O–H groups in total. The molecule has 0 saturated heterocycles. The van der Waals surface area contributed by atoms with Crippen molar-refractivity contribution in [2.24, 2.45) is 0 Å². The van der Waals surface area contributed by atoms with Crippen molar-refractivity contribution < 1.29 is 136 Å². The maximum atomic E-state index is 9.59. The number of hydrogen-bond acceptors (Lipinski definition) is 7. The molecule has 56 valence electrons.